The molecule has 0 aliphatic heterocycles. The Kier molecular flexibility index (Phi) is 6.96. The number of hydrogen-bond donors (Lipinski definition) is 1. The number of carbonyl (C=O) groups excluding carboxylic acids is 1. The molecule has 1 aromatic heterocycles. The van der Waals surface area contributed by atoms with Gasteiger partial charge in [0, 0.05) is 38.8 Å². The molecule has 1 amide bonds. The SMILES string of the molecule is Cc1noc(-c2c(F)cccc2Cl)c1C(=O)NC1C[CH-]CCC1.[Y]. The second kappa shape index (κ2) is 8.55. The van der Waals surface area contributed by atoms with Crippen LogP contribution in [0.4, 0.5) is 4.39 Å². The van der Waals surface area contributed by atoms with Gasteiger partial charge in [0.05, 0.1) is 16.3 Å². The molecule has 1 radical (unpaired) electrons. The molecule has 1 atom stereocenters. The van der Waals surface area contributed by atoms with Gasteiger partial charge in [0.25, 0.3) is 5.91 Å². The number of nitrogens with zero attached hydrogens (tertiary/aromatic N) is 1. The van der Waals surface area contributed by atoms with Crippen molar-refractivity contribution < 1.29 is 46.4 Å². The summed E-state index contributed by atoms with van der Waals surface area (Å²) in [6.45, 7) is 1.66. The molecule has 24 heavy (non-hydrogen) atoms. The van der Waals surface area contributed by atoms with Gasteiger partial charge in [0.15, 0.2) is 5.76 Å². The molecule has 1 unspecified atom stereocenters. The standard InChI is InChI=1S/C17H17ClFN2O2.Y/c1-10-14(17(22)20-11-6-3-2-4-7-11)16(23-21-10)15-12(18)8-5-9-13(15)19;/h3,5,8-9,11H,2,4,6-7H2,1H3,(H,20,22);/q-1;. The molecule has 3 rings (SSSR count). The summed E-state index contributed by atoms with van der Waals surface area (Å²) < 4.78 is 19.3. The first kappa shape index (κ1) is 19.5. The summed E-state index contributed by atoms with van der Waals surface area (Å²) in [6.07, 6.45) is 6.08. The second-order valence-electron chi connectivity index (χ2n) is 5.69. The fourth-order valence-corrected chi connectivity index (χ4v) is 3.11. The zero-order valence-electron chi connectivity index (χ0n) is 13.3. The van der Waals surface area contributed by atoms with E-state index in [1.807, 2.05) is 0 Å². The summed E-state index contributed by atoms with van der Waals surface area (Å²) in [6, 6.07) is 4.42. The minimum Gasteiger partial charge on any atom is -0.355 e. The number of amides is 1. The summed E-state index contributed by atoms with van der Waals surface area (Å²) in [5.41, 5.74) is 0.717. The van der Waals surface area contributed by atoms with Gasteiger partial charge in [-0.2, -0.15) is 12.8 Å². The maximum atomic E-state index is 14.1. The van der Waals surface area contributed by atoms with E-state index in [-0.39, 0.29) is 66.6 Å². The number of hydrogen-bond acceptors (Lipinski definition) is 3. The van der Waals surface area contributed by atoms with Crippen molar-refractivity contribution in [3.63, 3.8) is 0 Å². The molecule has 1 saturated carbocycles. The number of nitrogens with one attached hydrogen (secondary N) is 1. The van der Waals surface area contributed by atoms with Crippen molar-refractivity contribution in [1.29, 1.82) is 0 Å². The maximum Gasteiger partial charge on any atom is 0.257 e. The van der Waals surface area contributed by atoms with E-state index in [1.165, 1.54) is 12.1 Å². The Bertz CT molecular complexity index is 709. The second-order valence-corrected chi connectivity index (χ2v) is 6.10. The Labute approximate surface area is 170 Å². The van der Waals surface area contributed by atoms with Gasteiger partial charge in [0.2, 0.25) is 0 Å². The van der Waals surface area contributed by atoms with Crippen LogP contribution in [0.3, 0.4) is 0 Å². The number of benzene rings is 1. The fourth-order valence-electron chi connectivity index (χ4n) is 2.86. The van der Waals surface area contributed by atoms with Gasteiger partial charge in [0.1, 0.15) is 11.4 Å². The third-order valence-electron chi connectivity index (χ3n) is 4.03. The van der Waals surface area contributed by atoms with Gasteiger partial charge >= 0.3 is 0 Å². The number of halogens is 2. The first-order chi connectivity index (χ1) is 11.1. The Hall–Kier alpha value is -0.776. The quantitative estimate of drug-likeness (QED) is 0.747. The molecule has 1 aromatic carbocycles. The largest absolute Gasteiger partial charge is 0.355 e. The minimum atomic E-state index is -0.548. The van der Waals surface area contributed by atoms with Crippen molar-refractivity contribution >= 4 is 17.5 Å². The van der Waals surface area contributed by atoms with Crippen molar-refractivity contribution in [3.05, 3.63) is 46.7 Å². The summed E-state index contributed by atoms with van der Waals surface area (Å²) >= 11 is 6.08. The van der Waals surface area contributed by atoms with Crippen LogP contribution in [-0.2, 0) is 32.7 Å². The smallest absolute Gasteiger partial charge is 0.257 e. The van der Waals surface area contributed by atoms with Crippen LogP contribution in [0.25, 0.3) is 11.3 Å². The van der Waals surface area contributed by atoms with E-state index >= 15 is 0 Å². The van der Waals surface area contributed by atoms with Crippen LogP contribution < -0.4 is 5.32 Å². The Balaban J connectivity index is 0.00000208. The molecule has 0 saturated heterocycles. The number of rotatable bonds is 3. The maximum absolute atomic E-state index is 14.1. The van der Waals surface area contributed by atoms with E-state index in [0.29, 0.717) is 5.69 Å². The van der Waals surface area contributed by atoms with Gasteiger partial charge < -0.3 is 16.3 Å². The van der Waals surface area contributed by atoms with Gasteiger partial charge in [-0.05, 0) is 25.5 Å². The van der Waals surface area contributed by atoms with E-state index < -0.39 is 5.82 Å². The number of aromatic nitrogens is 1. The van der Waals surface area contributed by atoms with Gasteiger partial charge in [-0.1, -0.05) is 29.2 Å². The molecule has 1 aliphatic carbocycles. The van der Waals surface area contributed by atoms with Crippen molar-refractivity contribution in [2.45, 2.75) is 38.6 Å². The molecule has 125 valence electrons. The molecule has 1 aliphatic rings. The molecule has 1 fully saturated rings. The molecule has 4 nitrogen and oxygen atoms in total. The molecule has 1 N–H and O–H groups in total. The molecule has 2 aromatic rings. The number of carbonyl (C=O) groups is 1. The normalized spacial score (nSPS) is 17.2. The minimum absolute atomic E-state index is 0. The topological polar surface area (TPSA) is 55.1 Å². The van der Waals surface area contributed by atoms with Crippen molar-refractivity contribution in [3.8, 4) is 11.3 Å². The molecule has 0 bridgehead atoms. The van der Waals surface area contributed by atoms with Crippen LogP contribution in [-0.4, -0.2) is 17.1 Å². The van der Waals surface area contributed by atoms with Crippen LogP contribution in [0.5, 0.6) is 0 Å². The first-order valence-electron chi connectivity index (χ1n) is 7.61. The molecular formula is C17H17ClFN2O2Y-. The van der Waals surface area contributed by atoms with Crippen LogP contribution in [0.15, 0.2) is 22.7 Å². The zero-order chi connectivity index (χ0) is 16.4. The van der Waals surface area contributed by atoms with Gasteiger partial charge in [-0.25, -0.2) is 4.39 Å². The van der Waals surface area contributed by atoms with E-state index in [2.05, 4.69) is 16.9 Å². The van der Waals surface area contributed by atoms with Crippen LogP contribution in [0.1, 0.15) is 41.7 Å². The molecule has 0 spiro atoms. The average molecular weight is 425 g/mol. The van der Waals surface area contributed by atoms with Crippen molar-refractivity contribution in [2.75, 3.05) is 0 Å². The fraction of sp³-hybridized carbons (Fsp3) is 0.353. The van der Waals surface area contributed by atoms with E-state index in [9.17, 15) is 9.18 Å². The monoisotopic (exact) mass is 424 g/mol. The zero-order valence-corrected chi connectivity index (χ0v) is 16.9. The Morgan fingerprint density at radius 2 is 2.29 bits per heavy atom. The first-order valence-corrected chi connectivity index (χ1v) is 7.99. The van der Waals surface area contributed by atoms with E-state index in [0.717, 1.165) is 25.7 Å². The van der Waals surface area contributed by atoms with Crippen LogP contribution in [0.2, 0.25) is 5.02 Å². The van der Waals surface area contributed by atoms with Gasteiger partial charge in [-0.15, -0.1) is 0 Å². The Morgan fingerprint density at radius 3 is 2.96 bits per heavy atom. The van der Waals surface area contributed by atoms with Crippen molar-refractivity contribution in [2.24, 2.45) is 0 Å². The Morgan fingerprint density at radius 1 is 1.50 bits per heavy atom. The predicted molar refractivity (Wildman–Crippen MR) is 85.7 cm³/mol. The third kappa shape index (κ3) is 4.06. The number of aryl methyl sites for hydroxylation is 1. The van der Waals surface area contributed by atoms with E-state index in [4.69, 9.17) is 16.1 Å². The molecule has 7 heteroatoms. The predicted octanol–water partition coefficient (Wildman–Crippen LogP) is 4.32. The third-order valence-corrected chi connectivity index (χ3v) is 4.34. The van der Waals surface area contributed by atoms with Gasteiger partial charge in [-0.3, -0.25) is 4.79 Å². The summed E-state index contributed by atoms with van der Waals surface area (Å²) in [5.74, 6) is -0.782. The summed E-state index contributed by atoms with van der Waals surface area (Å²) in [5, 5.41) is 6.98. The molecule has 1 heterocycles. The van der Waals surface area contributed by atoms with Crippen LogP contribution in [0, 0.1) is 19.2 Å². The molecular weight excluding hydrogens is 408 g/mol. The van der Waals surface area contributed by atoms with Crippen LogP contribution >= 0.6 is 11.6 Å². The average Bonchev–Trinajstić information content (AvgIpc) is 2.90. The summed E-state index contributed by atoms with van der Waals surface area (Å²) in [4.78, 5) is 12.6. The van der Waals surface area contributed by atoms with Crippen molar-refractivity contribution in [1.82, 2.24) is 10.5 Å². The summed E-state index contributed by atoms with van der Waals surface area (Å²) in [7, 11) is 0. The van der Waals surface area contributed by atoms with E-state index in [1.54, 1.807) is 13.0 Å².